The van der Waals surface area contributed by atoms with E-state index < -0.39 is 19.6 Å². The Hall–Kier alpha value is 1.52. The van der Waals surface area contributed by atoms with Crippen molar-refractivity contribution in [1.82, 2.24) is 0 Å². The molecule has 0 bridgehead atoms. The summed E-state index contributed by atoms with van der Waals surface area (Å²) in [6.45, 7) is 7.00. The van der Waals surface area contributed by atoms with E-state index in [1.54, 1.807) is 13.4 Å². The number of hydrogen-bond donors (Lipinski definition) is 0. The molecule has 0 heterocycles. The molecule has 11 heavy (non-hydrogen) atoms. The van der Waals surface area contributed by atoms with E-state index >= 15 is 0 Å². The number of hydrogen-bond acceptors (Lipinski definition) is 0. The molecule has 0 fully saturated rings. The summed E-state index contributed by atoms with van der Waals surface area (Å²) < 4.78 is 4.85. The molecule has 0 N–H and O–H groups in total. The maximum absolute atomic E-state index is 2.33. The molecule has 70 valence electrons. The molecule has 0 amide bonds. The third-order valence-electron chi connectivity index (χ3n) is 1.48. The van der Waals surface area contributed by atoms with Gasteiger partial charge in [-0.05, 0) is 0 Å². The summed E-state index contributed by atoms with van der Waals surface area (Å²) in [4.78, 5) is 0. The van der Waals surface area contributed by atoms with E-state index in [1.165, 1.54) is 19.3 Å². The molecule has 0 nitrogen and oxygen atoms in total. The predicted molar refractivity (Wildman–Crippen MR) is 51.0 cm³/mol. The molecule has 0 aromatic heterocycles. The average Bonchev–Trinajstić information content (AvgIpc) is 1.90. The first kappa shape index (κ1) is 15.0. The Kier molecular flexibility index (Phi) is 15.7. The maximum Gasteiger partial charge on any atom is -1.00 e. The largest absolute Gasteiger partial charge is 1.00 e. The Balaban J connectivity index is 0. The van der Waals surface area contributed by atoms with E-state index in [0.717, 1.165) is 0 Å². The van der Waals surface area contributed by atoms with E-state index in [2.05, 4.69) is 20.8 Å². The molecule has 0 aromatic carbocycles. The van der Waals surface area contributed by atoms with Crippen molar-refractivity contribution >= 4 is 19.6 Å². The van der Waals surface area contributed by atoms with Crippen LogP contribution in [0, 0.1) is 0 Å². The molecular weight excluding hydrogens is 363 g/mol. The van der Waals surface area contributed by atoms with Crippen LogP contribution >= 0.6 is 0 Å². The van der Waals surface area contributed by atoms with Crippen molar-refractivity contribution in [2.45, 2.75) is 53.4 Å². The van der Waals surface area contributed by atoms with Gasteiger partial charge in [-0.2, -0.15) is 0 Å². The molecule has 0 aliphatic heterocycles. The summed E-state index contributed by atoms with van der Waals surface area (Å²) in [6.07, 6.45) is 4.32. The molecule has 0 saturated carbocycles. The Bertz CT molecular complexity index is 52.3. The first-order chi connectivity index (χ1) is 4.85. The van der Waals surface area contributed by atoms with E-state index in [-0.39, 0.29) is 24.0 Å². The van der Waals surface area contributed by atoms with Crippen LogP contribution in [0.1, 0.15) is 40.0 Å². The van der Waals surface area contributed by atoms with Gasteiger partial charge in [0.2, 0.25) is 0 Å². The molecule has 0 aliphatic carbocycles. The molecule has 0 radical (unpaired) electrons. The fraction of sp³-hybridized carbons (Fsp3) is 1.00. The zero-order valence-electron chi connectivity index (χ0n) is 8.03. The quantitative estimate of drug-likeness (QED) is 0.468. The van der Waals surface area contributed by atoms with Crippen molar-refractivity contribution in [2.24, 2.45) is 0 Å². The van der Waals surface area contributed by atoms with Gasteiger partial charge in [0.05, 0.1) is 0 Å². The van der Waals surface area contributed by atoms with Gasteiger partial charge in [0, 0.05) is 0 Å². The van der Waals surface area contributed by atoms with E-state index in [9.17, 15) is 0 Å². The number of halogens is 1. The van der Waals surface area contributed by atoms with Gasteiger partial charge < -0.3 is 24.0 Å². The van der Waals surface area contributed by atoms with Crippen molar-refractivity contribution in [3.8, 4) is 0 Å². The molecule has 0 unspecified atom stereocenters. The smallest absolute Gasteiger partial charge is 1.00 e. The second-order valence-corrected chi connectivity index (χ2v) is 9.72. The zero-order chi connectivity index (χ0) is 7.82. The number of rotatable bonds is 6. The first-order valence-corrected chi connectivity index (χ1v) is 9.43. The van der Waals surface area contributed by atoms with Crippen molar-refractivity contribution < 1.29 is 24.0 Å². The van der Waals surface area contributed by atoms with E-state index in [0.29, 0.717) is 0 Å². The summed E-state index contributed by atoms with van der Waals surface area (Å²) in [6, 6.07) is 0. The van der Waals surface area contributed by atoms with Gasteiger partial charge in [0.15, 0.2) is 0 Å². The minimum Gasteiger partial charge on any atom is -1.00 e. The molecular formula is C9H21ITe. The minimum atomic E-state index is -0.516. The third kappa shape index (κ3) is 9.43. The van der Waals surface area contributed by atoms with Crippen LogP contribution in [0.15, 0.2) is 0 Å². The average molecular weight is 384 g/mol. The minimum absolute atomic E-state index is 0. The van der Waals surface area contributed by atoms with Crippen LogP contribution in [-0.4, -0.2) is 19.6 Å². The predicted octanol–water partition coefficient (Wildman–Crippen LogP) is 0.715. The molecule has 0 saturated heterocycles. The van der Waals surface area contributed by atoms with E-state index in [1.807, 2.05) is 0 Å². The fourth-order valence-electron chi connectivity index (χ4n) is 1.17. The fourth-order valence-corrected chi connectivity index (χ4v) is 7.86. The molecule has 0 spiro atoms. The monoisotopic (exact) mass is 386 g/mol. The van der Waals surface area contributed by atoms with Gasteiger partial charge >= 0.3 is 73.0 Å². The SMILES string of the molecule is CCC[Te+](CCC)CCC.[I-]. The standard InChI is InChI=1S/C9H21Te.HI/c1-4-7-10(8-5-2)9-6-3;/h4-9H2,1-3H3;1H/q+1;/p-1. The van der Waals surface area contributed by atoms with Crippen molar-refractivity contribution in [2.75, 3.05) is 0 Å². The summed E-state index contributed by atoms with van der Waals surface area (Å²) in [5.41, 5.74) is 0. The zero-order valence-corrected chi connectivity index (χ0v) is 12.5. The molecule has 0 aliphatic rings. The molecule has 0 atom stereocenters. The van der Waals surface area contributed by atoms with Crippen LogP contribution in [0.4, 0.5) is 0 Å². The molecule has 0 aromatic rings. The Morgan fingerprint density at radius 1 is 0.727 bits per heavy atom. The van der Waals surface area contributed by atoms with Crippen LogP contribution in [-0.2, 0) is 0 Å². The van der Waals surface area contributed by atoms with E-state index in [4.69, 9.17) is 0 Å². The van der Waals surface area contributed by atoms with Gasteiger partial charge in [-0.3, -0.25) is 0 Å². The summed E-state index contributed by atoms with van der Waals surface area (Å²) in [5, 5.41) is 0. The Morgan fingerprint density at radius 3 is 1.18 bits per heavy atom. The maximum atomic E-state index is 2.33. The van der Waals surface area contributed by atoms with Gasteiger partial charge in [-0.25, -0.2) is 0 Å². The topological polar surface area (TPSA) is 0 Å². The van der Waals surface area contributed by atoms with Crippen LogP contribution < -0.4 is 24.0 Å². The van der Waals surface area contributed by atoms with Crippen molar-refractivity contribution in [1.29, 1.82) is 0 Å². The second kappa shape index (κ2) is 11.5. The van der Waals surface area contributed by atoms with Crippen LogP contribution in [0.25, 0.3) is 0 Å². The Labute approximate surface area is 96.2 Å². The van der Waals surface area contributed by atoms with Crippen LogP contribution in [0.5, 0.6) is 0 Å². The van der Waals surface area contributed by atoms with Gasteiger partial charge in [0.1, 0.15) is 0 Å². The second-order valence-electron chi connectivity index (χ2n) is 2.72. The molecule has 2 heteroatoms. The Morgan fingerprint density at radius 2 is 1.00 bits per heavy atom. The third-order valence-corrected chi connectivity index (χ3v) is 9.92. The summed E-state index contributed by atoms with van der Waals surface area (Å²) in [5.74, 6) is 0. The van der Waals surface area contributed by atoms with Gasteiger partial charge in [0.25, 0.3) is 0 Å². The van der Waals surface area contributed by atoms with Crippen molar-refractivity contribution in [3.05, 3.63) is 0 Å². The van der Waals surface area contributed by atoms with Gasteiger partial charge in [-0.1, -0.05) is 0 Å². The van der Waals surface area contributed by atoms with Crippen molar-refractivity contribution in [3.63, 3.8) is 0 Å². The van der Waals surface area contributed by atoms with Gasteiger partial charge in [-0.15, -0.1) is 0 Å². The summed E-state index contributed by atoms with van der Waals surface area (Å²) in [7, 11) is 0. The molecule has 0 rings (SSSR count). The van der Waals surface area contributed by atoms with Crippen LogP contribution in [0.3, 0.4) is 0 Å². The summed E-state index contributed by atoms with van der Waals surface area (Å²) >= 11 is -0.516. The first-order valence-electron chi connectivity index (χ1n) is 4.49. The normalized spacial score (nSPS) is 9.82. The van der Waals surface area contributed by atoms with Crippen LogP contribution in [0.2, 0.25) is 13.4 Å².